The number of hydrogen-bond donors (Lipinski definition) is 2. The third kappa shape index (κ3) is 2.05. The number of hydrogen-bond acceptors (Lipinski definition) is 6. The van der Waals surface area contributed by atoms with Crippen molar-refractivity contribution in [3.63, 3.8) is 0 Å². The van der Waals surface area contributed by atoms with Gasteiger partial charge in [-0.3, -0.25) is 9.59 Å². The Balaban J connectivity index is 2.39. The summed E-state index contributed by atoms with van der Waals surface area (Å²) in [6.07, 6.45) is 2.55. The van der Waals surface area contributed by atoms with Crippen LogP contribution in [0.15, 0.2) is 0 Å². The first-order valence-electron chi connectivity index (χ1n) is 6.14. The molecule has 2 aliphatic rings. The summed E-state index contributed by atoms with van der Waals surface area (Å²) in [5.41, 5.74) is 2.14. The van der Waals surface area contributed by atoms with Crippen molar-refractivity contribution >= 4 is 28.0 Å². The number of nitrogens with one attached hydrogen (secondary N) is 1. The summed E-state index contributed by atoms with van der Waals surface area (Å²) in [5.74, 6) is -1.19. The molecule has 1 heterocycles. The molecule has 0 aromatic heterocycles. The average Bonchev–Trinajstić information content (AvgIpc) is 3.07. The maximum atomic E-state index is 12.1. The normalized spacial score (nSPS) is 33.5. The highest BCUT2D eigenvalue weighted by atomic mass is 32.2. The zero-order valence-corrected chi connectivity index (χ0v) is 12.1. The van der Waals surface area contributed by atoms with E-state index in [1.165, 1.54) is 0 Å². The van der Waals surface area contributed by atoms with Gasteiger partial charge in [-0.1, -0.05) is 0 Å². The third-order valence-electron chi connectivity index (χ3n) is 3.78. The zero-order chi connectivity index (χ0) is 15.3. The van der Waals surface area contributed by atoms with Crippen LogP contribution in [0, 0.1) is 5.92 Å². The number of rotatable bonds is 5. The van der Waals surface area contributed by atoms with Crippen molar-refractivity contribution in [1.82, 2.24) is 9.62 Å². The van der Waals surface area contributed by atoms with Crippen LogP contribution in [0.2, 0.25) is 0 Å². The molecule has 1 aliphatic carbocycles. The van der Waals surface area contributed by atoms with Crippen LogP contribution in [0.4, 0.5) is 0 Å². The second-order valence-corrected chi connectivity index (χ2v) is 7.23. The first-order valence-corrected chi connectivity index (χ1v) is 8.03. The predicted molar refractivity (Wildman–Crippen MR) is 68.8 cm³/mol. The molecule has 0 radical (unpaired) electrons. The van der Waals surface area contributed by atoms with Crippen LogP contribution in [0.1, 0.15) is 19.8 Å². The zero-order valence-electron chi connectivity index (χ0n) is 11.3. The van der Waals surface area contributed by atoms with Crippen molar-refractivity contribution in [1.29, 1.82) is 0 Å². The lowest BCUT2D eigenvalue weighted by Crippen LogP contribution is -2.91. The quantitative estimate of drug-likeness (QED) is 0.342. The van der Waals surface area contributed by atoms with E-state index in [1.54, 1.807) is 0 Å². The summed E-state index contributed by atoms with van der Waals surface area (Å²) < 4.78 is 24.8. The number of amides is 1. The first-order chi connectivity index (χ1) is 9.07. The summed E-state index contributed by atoms with van der Waals surface area (Å²) >= 11 is 0. The van der Waals surface area contributed by atoms with Gasteiger partial charge in [0.15, 0.2) is 17.6 Å². The summed E-state index contributed by atoms with van der Waals surface area (Å²) in [5, 5.41) is 0. The lowest BCUT2D eigenvalue weighted by molar-refractivity contribution is -0.174. The van der Waals surface area contributed by atoms with Crippen molar-refractivity contribution < 1.29 is 22.8 Å². The number of likely N-dealkylation sites (tertiary alicyclic amines) is 1. The topological polar surface area (TPSA) is 127 Å². The lowest BCUT2D eigenvalue weighted by Gasteiger charge is -2.59. The fraction of sp³-hybridized carbons (Fsp3) is 0.727. The van der Waals surface area contributed by atoms with Gasteiger partial charge in [0.2, 0.25) is 15.9 Å². The Labute approximate surface area is 116 Å². The number of carbonyl (C=O) groups is 3. The maximum absolute atomic E-state index is 12.1. The number of nitrogens with two attached hydrogens (primary N) is 1. The molecule has 2 atom stereocenters. The van der Waals surface area contributed by atoms with Gasteiger partial charge in [-0.25, -0.2) is 8.42 Å². The number of carbonyl (C=O) groups excluding carboxylic acids is 3. The first kappa shape index (κ1) is 15.1. The van der Waals surface area contributed by atoms with E-state index in [-0.39, 0.29) is 24.7 Å². The molecule has 2 unspecified atom stereocenters. The van der Waals surface area contributed by atoms with Gasteiger partial charge in [0.25, 0.3) is 0 Å². The van der Waals surface area contributed by atoms with Crippen molar-refractivity contribution in [2.24, 2.45) is 11.7 Å². The lowest BCUT2D eigenvalue weighted by atomic mass is 9.72. The largest absolute Gasteiger partial charge is 0.317 e. The number of aldehydes is 1. The van der Waals surface area contributed by atoms with Crippen LogP contribution < -0.4 is 10.5 Å². The van der Waals surface area contributed by atoms with Gasteiger partial charge in [0.05, 0.1) is 12.8 Å². The fourth-order valence-corrected chi connectivity index (χ4v) is 3.53. The Bertz CT molecular complexity index is 585. The smallest absolute Gasteiger partial charge is 0.227 e. The van der Waals surface area contributed by atoms with Gasteiger partial charge in [-0.15, -0.1) is 0 Å². The van der Waals surface area contributed by atoms with Crippen molar-refractivity contribution in [3.8, 4) is 0 Å². The SMILES string of the molecule is CC(=O)C1(C=O)N(C(=O)C2CC2)CC1(N)NS(C)(=O)=O. The van der Waals surface area contributed by atoms with Gasteiger partial charge in [-0.2, -0.15) is 4.72 Å². The van der Waals surface area contributed by atoms with Crippen LogP contribution >= 0.6 is 0 Å². The minimum Gasteiger partial charge on any atom is -0.317 e. The number of ketones is 1. The molecule has 112 valence electrons. The monoisotopic (exact) mass is 303 g/mol. The van der Waals surface area contributed by atoms with Gasteiger partial charge in [0.1, 0.15) is 5.66 Å². The van der Waals surface area contributed by atoms with E-state index in [1.807, 2.05) is 0 Å². The molecule has 8 nitrogen and oxygen atoms in total. The molecular weight excluding hydrogens is 286 g/mol. The molecule has 1 aliphatic heterocycles. The summed E-state index contributed by atoms with van der Waals surface area (Å²) in [6, 6.07) is 0. The molecule has 2 fully saturated rings. The van der Waals surface area contributed by atoms with Crippen molar-refractivity contribution in [3.05, 3.63) is 0 Å². The molecule has 20 heavy (non-hydrogen) atoms. The number of Topliss-reactive ketones (excluding diaryl/α,β-unsaturated/α-hetero) is 1. The summed E-state index contributed by atoms with van der Waals surface area (Å²) in [7, 11) is -3.74. The standard InChI is InChI=1S/C11H17N3O5S/c1-7(16)10(6-15)11(12,13-20(2,18)19)5-14(10)9(17)8-3-4-8/h6,8,13H,3-5,12H2,1-2H3. The molecule has 9 heteroatoms. The second kappa shape index (κ2) is 4.34. The Morgan fingerprint density at radius 1 is 1.40 bits per heavy atom. The van der Waals surface area contributed by atoms with Crippen LogP contribution in [0.25, 0.3) is 0 Å². The van der Waals surface area contributed by atoms with Crippen molar-refractivity contribution in [2.45, 2.75) is 31.0 Å². The molecule has 0 aromatic carbocycles. The summed E-state index contributed by atoms with van der Waals surface area (Å²) in [4.78, 5) is 36.6. The van der Waals surface area contributed by atoms with Gasteiger partial charge in [-0.05, 0) is 19.8 Å². The van der Waals surface area contributed by atoms with E-state index >= 15 is 0 Å². The van der Waals surface area contributed by atoms with Gasteiger partial charge in [0, 0.05) is 5.92 Å². The van der Waals surface area contributed by atoms with E-state index < -0.39 is 27.0 Å². The Hall–Kier alpha value is -1.32. The Morgan fingerprint density at radius 2 is 1.95 bits per heavy atom. The molecule has 1 amide bonds. The maximum Gasteiger partial charge on any atom is 0.227 e. The number of sulfonamides is 1. The molecular formula is C11H17N3O5S. The highest BCUT2D eigenvalue weighted by Crippen LogP contribution is 2.42. The highest BCUT2D eigenvalue weighted by molar-refractivity contribution is 7.88. The summed E-state index contributed by atoms with van der Waals surface area (Å²) in [6.45, 7) is 0.917. The molecule has 1 saturated heterocycles. The number of nitrogens with zero attached hydrogens (tertiary/aromatic N) is 1. The second-order valence-electron chi connectivity index (χ2n) is 5.48. The van der Waals surface area contributed by atoms with E-state index in [4.69, 9.17) is 5.73 Å². The molecule has 0 spiro atoms. The molecule has 2 rings (SSSR count). The fourth-order valence-electron chi connectivity index (χ4n) is 2.64. The van der Waals surface area contributed by atoms with Crippen LogP contribution in [-0.4, -0.2) is 55.3 Å². The van der Waals surface area contributed by atoms with E-state index in [2.05, 4.69) is 4.72 Å². The minimum atomic E-state index is -3.74. The predicted octanol–water partition coefficient (Wildman–Crippen LogP) is -2.03. The van der Waals surface area contributed by atoms with E-state index in [0.29, 0.717) is 12.8 Å². The molecule has 0 bridgehead atoms. The van der Waals surface area contributed by atoms with Gasteiger partial charge >= 0.3 is 0 Å². The minimum absolute atomic E-state index is 0.198. The van der Waals surface area contributed by atoms with Crippen LogP contribution in [-0.2, 0) is 24.4 Å². The average molecular weight is 303 g/mol. The highest BCUT2D eigenvalue weighted by Gasteiger charge is 2.69. The van der Waals surface area contributed by atoms with Crippen molar-refractivity contribution in [2.75, 3.05) is 12.8 Å². The van der Waals surface area contributed by atoms with E-state index in [0.717, 1.165) is 18.1 Å². The Kier molecular flexibility index (Phi) is 3.27. The third-order valence-corrected chi connectivity index (χ3v) is 4.52. The molecule has 1 saturated carbocycles. The van der Waals surface area contributed by atoms with E-state index in [9.17, 15) is 22.8 Å². The van der Waals surface area contributed by atoms with Crippen LogP contribution in [0.5, 0.6) is 0 Å². The van der Waals surface area contributed by atoms with Gasteiger partial charge < -0.3 is 15.4 Å². The Morgan fingerprint density at radius 3 is 2.30 bits per heavy atom. The molecule has 0 aromatic rings. The van der Waals surface area contributed by atoms with Crippen LogP contribution in [0.3, 0.4) is 0 Å². The molecule has 3 N–H and O–H groups in total.